The van der Waals surface area contributed by atoms with Gasteiger partial charge < -0.3 is 10.6 Å². The first-order valence-corrected chi connectivity index (χ1v) is 6.76. The zero-order chi connectivity index (χ0) is 13.4. The second-order valence-corrected chi connectivity index (χ2v) is 5.21. The van der Waals surface area contributed by atoms with Crippen LogP contribution in [0.4, 0.5) is 4.39 Å². The Morgan fingerprint density at radius 2 is 1.89 bits per heavy atom. The van der Waals surface area contributed by atoms with E-state index in [1.54, 1.807) is 13.0 Å². The lowest BCUT2D eigenvalue weighted by molar-refractivity contribution is 0.530. The third kappa shape index (κ3) is 6.12. The van der Waals surface area contributed by atoms with Crippen LogP contribution < -0.4 is 10.6 Å². The van der Waals surface area contributed by atoms with Gasteiger partial charge in [0.1, 0.15) is 5.82 Å². The number of hydrogen-bond donors (Lipinski definition) is 2. The fourth-order valence-corrected chi connectivity index (χ4v) is 1.71. The number of nitrogens with one attached hydrogen (secondary N) is 2. The van der Waals surface area contributed by atoms with E-state index in [0.29, 0.717) is 11.5 Å². The van der Waals surface area contributed by atoms with Crippen LogP contribution in [0.1, 0.15) is 31.4 Å². The van der Waals surface area contributed by atoms with Gasteiger partial charge in [-0.2, -0.15) is 0 Å². The minimum atomic E-state index is -0.118. The molecule has 0 fully saturated rings. The smallest absolute Gasteiger partial charge is 0.126 e. The van der Waals surface area contributed by atoms with Gasteiger partial charge in [0.2, 0.25) is 0 Å². The molecular formula is C15H25FN2. The second-order valence-electron chi connectivity index (χ2n) is 5.21. The molecule has 0 aliphatic carbocycles. The maximum absolute atomic E-state index is 13.3. The molecule has 0 heterocycles. The summed E-state index contributed by atoms with van der Waals surface area (Å²) in [6.45, 7) is 10.00. The van der Waals surface area contributed by atoms with Crippen molar-refractivity contribution in [3.63, 3.8) is 0 Å². The first-order valence-electron chi connectivity index (χ1n) is 6.76. The maximum atomic E-state index is 13.3. The fraction of sp³-hybridized carbons (Fsp3) is 0.600. The lowest BCUT2D eigenvalue weighted by Gasteiger charge is -2.08. The standard InChI is InChI=1S/C15H25FN2/c1-12(2)10-17-7-4-8-18-11-14-6-5-13(3)15(16)9-14/h5-6,9,12,17-18H,4,7-8,10-11H2,1-3H3. The summed E-state index contributed by atoms with van der Waals surface area (Å²) >= 11 is 0. The third-order valence-electron chi connectivity index (χ3n) is 2.83. The monoisotopic (exact) mass is 252 g/mol. The minimum Gasteiger partial charge on any atom is -0.316 e. The highest BCUT2D eigenvalue weighted by molar-refractivity contribution is 5.23. The van der Waals surface area contributed by atoms with Gasteiger partial charge in [-0.1, -0.05) is 26.0 Å². The van der Waals surface area contributed by atoms with E-state index >= 15 is 0 Å². The van der Waals surface area contributed by atoms with Crippen LogP contribution in [0.15, 0.2) is 18.2 Å². The maximum Gasteiger partial charge on any atom is 0.126 e. The largest absolute Gasteiger partial charge is 0.316 e. The van der Waals surface area contributed by atoms with Gasteiger partial charge in [-0.05, 0) is 56.1 Å². The predicted octanol–water partition coefficient (Wildman–Crippen LogP) is 2.86. The van der Waals surface area contributed by atoms with Gasteiger partial charge in [0, 0.05) is 6.54 Å². The Morgan fingerprint density at radius 3 is 2.56 bits per heavy atom. The van der Waals surface area contributed by atoms with E-state index in [1.807, 2.05) is 12.1 Å². The van der Waals surface area contributed by atoms with Crippen molar-refractivity contribution in [2.24, 2.45) is 5.92 Å². The van der Waals surface area contributed by atoms with Crippen molar-refractivity contribution in [1.29, 1.82) is 0 Å². The van der Waals surface area contributed by atoms with Crippen molar-refractivity contribution in [3.05, 3.63) is 35.1 Å². The summed E-state index contributed by atoms with van der Waals surface area (Å²) in [7, 11) is 0. The van der Waals surface area contributed by atoms with Gasteiger partial charge in [0.05, 0.1) is 0 Å². The summed E-state index contributed by atoms with van der Waals surface area (Å²) in [5.41, 5.74) is 1.71. The Kier molecular flexibility index (Phi) is 6.91. The van der Waals surface area contributed by atoms with E-state index in [2.05, 4.69) is 24.5 Å². The van der Waals surface area contributed by atoms with Crippen molar-refractivity contribution < 1.29 is 4.39 Å². The molecule has 0 bridgehead atoms. The number of hydrogen-bond acceptors (Lipinski definition) is 2. The molecule has 3 heteroatoms. The summed E-state index contributed by atoms with van der Waals surface area (Å²) in [6.07, 6.45) is 1.10. The first-order chi connectivity index (χ1) is 8.59. The Hall–Kier alpha value is -0.930. The summed E-state index contributed by atoms with van der Waals surface area (Å²) in [5, 5.41) is 6.73. The molecule has 0 aliphatic rings. The van der Waals surface area contributed by atoms with Crippen LogP contribution in [-0.2, 0) is 6.54 Å². The second kappa shape index (κ2) is 8.22. The molecule has 1 rings (SSSR count). The number of rotatable bonds is 8. The van der Waals surface area contributed by atoms with Crippen molar-refractivity contribution in [2.45, 2.75) is 33.7 Å². The molecule has 0 saturated carbocycles. The zero-order valence-corrected chi connectivity index (χ0v) is 11.7. The molecule has 2 N–H and O–H groups in total. The van der Waals surface area contributed by atoms with E-state index < -0.39 is 0 Å². The molecule has 0 aromatic heterocycles. The molecular weight excluding hydrogens is 227 g/mol. The lowest BCUT2D eigenvalue weighted by atomic mass is 10.1. The summed E-state index contributed by atoms with van der Waals surface area (Å²) in [4.78, 5) is 0. The highest BCUT2D eigenvalue weighted by Gasteiger charge is 1.99. The van der Waals surface area contributed by atoms with E-state index in [-0.39, 0.29) is 5.82 Å². The SMILES string of the molecule is Cc1ccc(CNCCCNCC(C)C)cc1F. The molecule has 0 radical (unpaired) electrons. The average Bonchev–Trinajstić information content (AvgIpc) is 2.32. The molecule has 0 atom stereocenters. The normalized spacial score (nSPS) is 11.2. The molecule has 0 amide bonds. The van der Waals surface area contributed by atoms with Gasteiger partial charge in [-0.15, -0.1) is 0 Å². The van der Waals surface area contributed by atoms with Gasteiger partial charge in [0.25, 0.3) is 0 Å². The van der Waals surface area contributed by atoms with Crippen LogP contribution in [0.2, 0.25) is 0 Å². The molecule has 18 heavy (non-hydrogen) atoms. The molecule has 102 valence electrons. The highest BCUT2D eigenvalue weighted by Crippen LogP contribution is 2.08. The van der Waals surface area contributed by atoms with Crippen LogP contribution in [0, 0.1) is 18.7 Å². The Labute approximate surface area is 110 Å². The predicted molar refractivity (Wildman–Crippen MR) is 75.2 cm³/mol. The Bertz CT molecular complexity index is 350. The molecule has 0 saturated heterocycles. The van der Waals surface area contributed by atoms with Crippen LogP contribution in [0.3, 0.4) is 0 Å². The van der Waals surface area contributed by atoms with E-state index in [4.69, 9.17) is 0 Å². The minimum absolute atomic E-state index is 0.118. The molecule has 1 aromatic rings. The lowest BCUT2D eigenvalue weighted by Crippen LogP contribution is -2.24. The van der Waals surface area contributed by atoms with E-state index in [9.17, 15) is 4.39 Å². The van der Waals surface area contributed by atoms with Crippen LogP contribution in [0.25, 0.3) is 0 Å². The number of aryl methyl sites for hydroxylation is 1. The van der Waals surface area contributed by atoms with Crippen molar-refractivity contribution >= 4 is 0 Å². The van der Waals surface area contributed by atoms with Gasteiger partial charge >= 0.3 is 0 Å². The highest BCUT2D eigenvalue weighted by atomic mass is 19.1. The van der Waals surface area contributed by atoms with Gasteiger partial charge in [-0.3, -0.25) is 0 Å². The van der Waals surface area contributed by atoms with Gasteiger partial charge in [-0.25, -0.2) is 4.39 Å². The quantitative estimate of drug-likeness (QED) is 0.695. The van der Waals surface area contributed by atoms with Crippen molar-refractivity contribution in [3.8, 4) is 0 Å². The van der Waals surface area contributed by atoms with Crippen molar-refractivity contribution in [2.75, 3.05) is 19.6 Å². The van der Waals surface area contributed by atoms with Gasteiger partial charge in [0.15, 0.2) is 0 Å². The summed E-state index contributed by atoms with van der Waals surface area (Å²) < 4.78 is 13.3. The molecule has 2 nitrogen and oxygen atoms in total. The third-order valence-corrected chi connectivity index (χ3v) is 2.83. The summed E-state index contributed by atoms with van der Waals surface area (Å²) in [6, 6.07) is 5.41. The zero-order valence-electron chi connectivity index (χ0n) is 11.7. The van der Waals surface area contributed by atoms with Crippen LogP contribution in [0.5, 0.6) is 0 Å². The molecule has 0 unspecified atom stereocenters. The number of halogens is 1. The Balaban J connectivity index is 2.09. The summed E-state index contributed by atoms with van der Waals surface area (Å²) in [5.74, 6) is 0.585. The fourth-order valence-electron chi connectivity index (χ4n) is 1.71. The van der Waals surface area contributed by atoms with E-state index in [0.717, 1.165) is 38.2 Å². The average molecular weight is 252 g/mol. The number of benzene rings is 1. The van der Waals surface area contributed by atoms with Crippen LogP contribution in [-0.4, -0.2) is 19.6 Å². The topological polar surface area (TPSA) is 24.1 Å². The molecule has 0 aliphatic heterocycles. The molecule has 0 spiro atoms. The van der Waals surface area contributed by atoms with Crippen LogP contribution >= 0.6 is 0 Å². The first kappa shape index (κ1) is 15.1. The van der Waals surface area contributed by atoms with Crippen molar-refractivity contribution in [1.82, 2.24) is 10.6 Å². The van der Waals surface area contributed by atoms with E-state index in [1.165, 1.54) is 0 Å². The molecule has 1 aromatic carbocycles. The Morgan fingerprint density at radius 1 is 1.17 bits per heavy atom.